The molecule has 6 N–H and O–H groups in total. The summed E-state index contributed by atoms with van der Waals surface area (Å²) in [6.45, 7) is 5.01. The molecule has 2 heterocycles. The fourth-order valence-electron chi connectivity index (χ4n) is 2.64. The zero-order valence-corrected chi connectivity index (χ0v) is 18.6. The Balaban J connectivity index is 2.10. The molecule has 15 nitrogen and oxygen atoms in total. The van der Waals surface area contributed by atoms with Gasteiger partial charge in [-0.25, -0.2) is 22.9 Å². The molecule has 1 saturated heterocycles. The average Bonchev–Trinajstić information content (AvgIpc) is 2.76. The Bertz CT molecular complexity index is 933. The first-order chi connectivity index (χ1) is 13.8. The minimum absolute atomic E-state index is 0.264. The van der Waals surface area contributed by atoms with Crippen LogP contribution in [-0.2, 0) is 31.6 Å². The quantitative estimate of drug-likeness (QED) is 0.245. The van der Waals surface area contributed by atoms with Crippen LogP contribution in [-0.4, -0.2) is 66.3 Å². The number of nitrogens with one attached hydrogen (secondary N) is 1. The molecule has 0 radical (unpaired) electrons. The van der Waals surface area contributed by atoms with Crippen LogP contribution < -0.4 is 5.32 Å². The fraction of sp³-hybridized carbons (Fsp3) is 0.583. The summed E-state index contributed by atoms with van der Waals surface area (Å²) in [7, 11) is -16.9. The van der Waals surface area contributed by atoms with Crippen molar-refractivity contribution in [2.75, 3.05) is 6.61 Å². The molecule has 0 aromatic heterocycles. The van der Waals surface area contributed by atoms with Gasteiger partial charge in [0.2, 0.25) is 0 Å². The van der Waals surface area contributed by atoms with Crippen molar-refractivity contribution < 1.29 is 65.4 Å². The molecule has 0 aliphatic carbocycles. The highest BCUT2D eigenvalue weighted by atomic mass is 31.3. The number of aliphatic hydroxyl groups is 1. The zero-order chi connectivity index (χ0) is 24.0. The predicted molar refractivity (Wildman–Crippen MR) is 97.3 cm³/mol. The summed E-state index contributed by atoms with van der Waals surface area (Å²) in [4.78, 5) is 48.5. The van der Waals surface area contributed by atoms with Crippen molar-refractivity contribution in [1.82, 2.24) is 10.2 Å². The van der Waals surface area contributed by atoms with Crippen LogP contribution in [0, 0.1) is 0 Å². The Morgan fingerprint density at radius 1 is 1.26 bits per heavy atom. The smallest absolute Gasteiger partial charge is 0.382 e. The van der Waals surface area contributed by atoms with E-state index in [-0.39, 0.29) is 5.70 Å². The number of phosphoric ester groups is 1. The van der Waals surface area contributed by atoms with Gasteiger partial charge in [0.25, 0.3) is 0 Å². The van der Waals surface area contributed by atoms with Crippen LogP contribution in [0.15, 0.2) is 24.0 Å². The van der Waals surface area contributed by atoms with Crippen LogP contribution in [0.1, 0.15) is 13.8 Å². The topological polar surface area (TPSA) is 222 Å². The summed E-state index contributed by atoms with van der Waals surface area (Å²) in [5.74, 6) is 0. The Morgan fingerprint density at radius 2 is 1.84 bits per heavy atom. The number of halogens is 1. The molecule has 0 aromatic rings. The van der Waals surface area contributed by atoms with E-state index in [2.05, 4.69) is 25.0 Å². The minimum Gasteiger partial charge on any atom is -0.382 e. The number of alkyl halides is 1. The number of phosphoric acid groups is 3. The third kappa shape index (κ3) is 6.51. The van der Waals surface area contributed by atoms with E-state index < -0.39 is 60.2 Å². The second-order valence-electron chi connectivity index (χ2n) is 6.67. The van der Waals surface area contributed by atoms with E-state index in [0.29, 0.717) is 5.57 Å². The number of hydrogen-bond donors (Lipinski definition) is 6. The van der Waals surface area contributed by atoms with Crippen molar-refractivity contribution in [2.45, 2.75) is 38.0 Å². The maximum atomic E-state index is 14.7. The Kier molecular flexibility index (Phi) is 7.41. The summed E-state index contributed by atoms with van der Waals surface area (Å²) in [6, 6.07) is -0.804. The highest BCUT2D eigenvalue weighted by molar-refractivity contribution is 7.66. The van der Waals surface area contributed by atoms with Gasteiger partial charge >= 0.3 is 29.5 Å². The molecule has 178 valence electrons. The van der Waals surface area contributed by atoms with E-state index in [1.807, 2.05) is 0 Å². The normalized spacial score (nSPS) is 33.5. The standard InChI is InChI=1S/C12H20FN2O13P3/c1-6-4-15(11(16)14-7(6)2)10-12(3,17)9(13)8(26-10)5-25-30(21,22)28-31(23,24)27-29(18,19)20/h4,8-10,17H,2,5H2,1,3H3,(H,14,16)(H,21,22)(H,23,24)(H2,18,19,20)/t8-,9+,10-,12?/m1/s1. The largest absolute Gasteiger partial charge is 0.490 e. The molecular formula is C12H20FN2O13P3. The van der Waals surface area contributed by atoms with Gasteiger partial charge in [-0.05, 0) is 19.4 Å². The van der Waals surface area contributed by atoms with Crippen molar-refractivity contribution in [3.8, 4) is 0 Å². The minimum atomic E-state index is -5.76. The molecule has 19 heteroatoms. The molecule has 6 atom stereocenters. The van der Waals surface area contributed by atoms with Gasteiger partial charge in [0.15, 0.2) is 12.4 Å². The third-order valence-corrected chi connectivity index (χ3v) is 7.86. The summed E-state index contributed by atoms with van der Waals surface area (Å²) in [5, 5.41) is 12.8. The number of allylic oxidation sites excluding steroid dienone is 1. The molecule has 0 saturated carbocycles. The lowest BCUT2D eigenvalue weighted by Crippen LogP contribution is -2.55. The zero-order valence-electron chi connectivity index (χ0n) is 15.9. The number of urea groups is 1. The first kappa shape index (κ1) is 26.3. The number of nitrogens with zero attached hydrogens (tertiary/aromatic N) is 1. The molecule has 3 unspecified atom stereocenters. The summed E-state index contributed by atoms with van der Waals surface area (Å²) in [6.07, 6.45) is -4.43. The molecule has 2 amide bonds. The SMILES string of the molecule is C=C1NC(=O)N([C@@H]2O[C@H](COP(=O)(O)OP(=O)(O)OP(=O)(O)O)[C@H](F)C2(C)O)C=C1C. The lowest BCUT2D eigenvalue weighted by molar-refractivity contribution is -0.101. The van der Waals surface area contributed by atoms with Crippen LogP contribution >= 0.6 is 23.5 Å². The molecule has 0 aromatic carbocycles. The van der Waals surface area contributed by atoms with Crippen molar-refractivity contribution in [2.24, 2.45) is 0 Å². The third-order valence-electron chi connectivity index (χ3n) is 4.06. The Labute approximate surface area is 174 Å². The molecule has 0 spiro atoms. The van der Waals surface area contributed by atoms with E-state index in [0.717, 1.165) is 11.8 Å². The van der Waals surface area contributed by atoms with Crippen LogP contribution in [0.4, 0.5) is 9.18 Å². The van der Waals surface area contributed by atoms with Crippen LogP contribution in [0.5, 0.6) is 0 Å². The van der Waals surface area contributed by atoms with Gasteiger partial charge in [0, 0.05) is 11.9 Å². The Hall–Kier alpha value is -0.990. The van der Waals surface area contributed by atoms with E-state index in [4.69, 9.17) is 19.4 Å². The fourth-order valence-corrected chi connectivity index (χ4v) is 5.67. The molecule has 31 heavy (non-hydrogen) atoms. The van der Waals surface area contributed by atoms with Crippen molar-refractivity contribution >= 4 is 29.5 Å². The highest BCUT2D eigenvalue weighted by Crippen LogP contribution is 2.66. The van der Waals surface area contributed by atoms with Gasteiger partial charge in [-0.1, -0.05) is 6.58 Å². The average molecular weight is 512 g/mol. The monoisotopic (exact) mass is 512 g/mol. The van der Waals surface area contributed by atoms with E-state index >= 15 is 0 Å². The molecule has 2 aliphatic rings. The number of rotatable bonds is 8. The van der Waals surface area contributed by atoms with Gasteiger partial charge in [-0.3, -0.25) is 9.42 Å². The number of carbonyl (C=O) groups is 1. The maximum absolute atomic E-state index is 14.7. The first-order valence-corrected chi connectivity index (χ1v) is 12.6. The second kappa shape index (κ2) is 8.75. The van der Waals surface area contributed by atoms with Gasteiger partial charge < -0.3 is 34.7 Å². The lowest BCUT2D eigenvalue weighted by Gasteiger charge is -2.35. The van der Waals surface area contributed by atoms with E-state index in [1.54, 1.807) is 6.92 Å². The number of hydrogen-bond acceptors (Lipinski definition) is 9. The first-order valence-electron chi connectivity index (χ1n) is 8.12. The van der Waals surface area contributed by atoms with Gasteiger partial charge in [0.1, 0.15) is 11.7 Å². The molecular weight excluding hydrogens is 492 g/mol. The highest BCUT2D eigenvalue weighted by Gasteiger charge is 2.57. The van der Waals surface area contributed by atoms with Crippen molar-refractivity contribution in [3.63, 3.8) is 0 Å². The van der Waals surface area contributed by atoms with Gasteiger partial charge in [-0.15, -0.1) is 0 Å². The molecule has 2 aliphatic heterocycles. The summed E-state index contributed by atoms with van der Waals surface area (Å²) in [5.41, 5.74) is -1.59. The van der Waals surface area contributed by atoms with Crippen LogP contribution in [0.3, 0.4) is 0 Å². The van der Waals surface area contributed by atoms with Crippen LogP contribution in [0.2, 0.25) is 0 Å². The lowest BCUT2D eigenvalue weighted by atomic mass is 9.97. The van der Waals surface area contributed by atoms with Crippen molar-refractivity contribution in [1.29, 1.82) is 0 Å². The second-order valence-corrected chi connectivity index (χ2v) is 11.1. The van der Waals surface area contributed by atoms with E-state index in [1.165, 1.54) is 6.20 Å². The molecule has 0 bridgehead atoms. The number of ether oxygens (including phenoxy) is 1. The maximum Gasteiger partial charge on any atom is 0.490 e. The molecule has 1 fully saturated rings. The number of carbonyl (C=O) groups excluding carboxylic acids is 1. The summed E-state index contributed by atoms with van der Waals surface area (Å²) < 4.78 is 65.0. The van der Waals surface area contributed by atoms with Gasteiger partial charge in [0.05, 0.1) is 6.61 Å². The summed E-state index contributed by atoms with van der Waals surface area (Å²) >= 11 is 0. The molecule has 2 rings (SSSR count). The Morgan fingerprint density at radius 3 is 2.39 bits per heavy atom. The van der Waals surface area contributed by atoms with Crippen molar-refractivity contribution in [3.05, 3.63) is 24.0 Å². The number of amides is 2. The van der Waals surface area contributed by atoms with E-state index in [9.17, 15) is 32.9 Å². The van der Waals surface area contributed by atoms with Gasteiger partial charge in [-0.2, -0.15) is 8.62 Å². The van der Waals surface area contributed by atoms with Crippen LogP contribution in [0.25, 0.3) is 0 Å². The predicted octanol–water partition coefficient (Wildman–Crippen LogP) is 0.586.